The largest absolute Gasteiger partial charge is 0.494 e. The summed E-state index contributed by atoms with van der Waals surface area (Å²) in [7, 11) is 1.31. The summed E-state index contributed by atoms with van der Waals surface area (Å²) in [4.78, 5) is 28.2. The molecule has 1 saturated carbocycles. The molecule has 2 aromatic rings. The molecule has 6 rings (SSSR count). The molecular formula is C38H48F2N4O3. The van der Waals surface area contributed by atoms with E-state index in [4.69, 9.17) is 4.74 Å². The van der Waals surface area contributed by atoms with Crippen molar-refractivity contribution in [3.63, 3.8) is 0 Å². The summed E-state index contributed by atoms with van der Waals surface area (Å²) in [6.07, 6.45) is 11.4. The number of carbonyl (C=O) groups is 2. The van der Waals surface area contributed by atoms with Crippen molar-refractivity contribution >= 4 is 28.7 Å². The van der Waals surface area contributed by atoms with Crippen molar-refractivity contribution in [1.29, 1.82) is 0 Å². The Hall–Kier alpha value is -4.11. The van der Waals surface area contributed by atoms with Gasteiger partial charge in [0, 0.05) is 35.0 Å². The highest BCUT2D eigenvalue weighted by molar-refractivity contribution is 6.13. The van der Waals surface area contributed by atoms with Crippen LogP contribution in [0.3, 0.4) is 0 Å². The zero-order valence-electron chi connectivity index (χ0n) is 27.3. The van der Waals surface area contributed by atoms with Crippen LogP contribution in [0.5, 0.6) is 5.75 Å². The fourth-order valence-corrected chi connectivity index (χ4v) is 6.43. The number of hydrogen-bond acceptors (Lipinski definition) is 6. The smallest absolute Gasteiger partial charge is 0.251 e. The Morgan fingerprint density at radius 3 is 2.49 bits per heavy atom. The van der Waals surface area contributed by atoms with Crippen LogP contribution in [0.15, 0.2) is 64.9 Å². The van der Waals surface area contributed by atoms with E-state index in [-0.39, 0.29) is 48.4 Å². The molecule has 0 bridgehead atoms. The average Bonchev–Trinajstić information content (AvgIpc) is 3.71. The third-order valence-electron chi connectivity index (χ3n) is 9.50. The minimum absolute atomic E-state index is 0. The molecule has 2 heterocycles. The molecule has 0 spiro atoms. The first-order valence-corrected chi connectivity index (χ1v) is 16.2. The first-order chi connectivity index (χ1) is 22.1. The lowest BCUT2D eigenvalue weighted by atomic mass is 9.81. The van der Waals surface area contributed by atoms with Crippen molar-refractivity contribution in [2.75, 3.05) is 19.0 Å². The molecule has 0 aromatic heterocycles. The molecule has 0 radical (unpaired) electrons. The number of ketones is 1. The Bertz CT molecular complexity index is 1620. The zero-order chi connectivity index (χ0) is 33.0. The fraction of sp³-hybridized carbons (Fsp3) is 0.447. The quantitative estimate of drug-likeness (QED) is 0.273. The highest BCUT2D eigenvalue weighted by Gasteiger charge is 2.33. The number of allylic oxidation sites excluding steroid dienone is 5. The number of amides is 1. The van der Waals surface area contributed by atoms with E-state index in [1.165, 1.54) is 13.2 Å². The van der Waals surface area contributed by atoms with E-state index in [9.17, 15) is 18.4 Å². The SMILES string of the molecule is C.CC(=O)C1CCCN1.CCc1cc(NC2=C(C)C=CCC3C(c4ccc(OC)c(F)c4F)=CN=C23)ccc1C(=O)NC1CCC1C. The Balaban J connectivity index is 0.000000487. The minimum atomic E-state index is -1.00. The zero-order valence-corrected chi connectivity index (χ0v) is 27.3. The van der Waals surface area contributed by atoms with Gasteiger partial charge in [-0.25, -0.2) is 4.39 Å². The molecule has 9 heteroatoms. The van der Waals surface area contributed by atoms with Crippen molar-refractivity contribution in [2.24, 2.45) is 16.8 Å². The normalized spacial score (nSPS) is 22.8. The second kappa shape index (κ2) is 15.7. The van der Waals surface area contributed by atoms with Gasteiger partial charge in [0.15, 0.2) is 11.6 Å². The minimum Gasteiger partial charge on any atom is -0.494 e. The van der Waals surface area contributed by atoms with Crippen LogP contribution in [-0.4, -0.2) is 43.1 Å². The summed E-state index contributed by atoms with van der Waals surface area (Å²) in [5.74, 6) is -1.53. The highest BCUT2D eigenvalue weighted by atomic mass is 19.2. The van der Waals surface area contributed by atoms with Gasteiger partial charge in [-0.1, -0.05) is 33.4 Å². The molecule has 2 aromatic carbocycles. The summed E-state index contributed by atoms with van der Waals surface area (Å²) >= 11 is 0. The number of ether oxygens (including phenoxy) is 1. The monoisotopic (exact) mass is 646 g/mol. The molecule has 4 aliphatic rings. The highest BCUT2D eigenvalue weighted by Crippen LogP contribution is 2.40. The van der Waals surface area contributed by atoms with Crippen molar-refractivity contribution in [3.8, 4) is 5.75 Å². The average molecular weight is 647 g/mol. The third-order valence-corrected chi connectivity index (χ3v) is 9.50. The lowest BCUT2D eigenvalue weighted by Gasteiger charge is -2.34. The number of nitrogens with one attached hydrogen (secondary N) is 3. The van der Waals surface area contributed by atoms with Crippen LogP contribution in [0.4, 0.5) is 14.5 Å². The number of rotatable bonds is 8. The number of carbonyl (C=O) groups excluding carboxylic acids is 2. The van der Waals surface area contributed by atoms with E-state index in [1.807, 2.05) is 44.2 Å². The van der Waals surface area contributed by atoms with E-state index < -0.39 is 11.6 Å². The van der Waals surface area contributed by atoms with Crippen molar-refractivity contribution in [2.45, 2.75) is 85.7 Å². The van der Waals surface area contributed by atoms with Gasteiger partial charge in [-0.15, -0.1) is 0 Å². The number of aliphatic imine (C=N–C) groups is 1. The maximum atomic E-state index is 15.0. The summed E-state index contributed by atoms with van der Waals surface area (Å²) in [5, 5.41) is 9.79. The van der Waals surface area contributed by atoms with Crippen molar-refractivity contribution in [1.82, 2.24) is 10.6 Å². The van der Waals surface area contributed by atoms with E-state index in [2.05, 4.69) is 27.9 Å². The summed E-state index contributed by atoms with van der Waals surface area (Å²) in [6, 6.07) is 9.19. The van der Waals surface area contributed by atoms with E-state index >= 15 is 0 Å². The second-order valence-electron chi connectivity index (χ2n) is 12.5. The number of Topliss-reactive ketones (excluding diaryl/α,β-unsaturated/α-hetero) is 1. The standard InChI is InChI=1S/C31H33F2N3O2.C6H11NO.CH4/c1-5-19-15-20(10-11-21(19)31(37)36-25-13-9-17(25)2)35-29-18(3)7-6-8-23-24(16-34-30(23)29)22-12-14-26(38-4)28(33)27(22)32;1-5(8)6-3-2-4-7-6;/h6-7,10-12,14-17,23,25,35H,5,8-9,13H2,1-4H3,(H,36,37);6-7H,2-4H2,1H3;1H4. The van der Waals surface area contributed by atoms with E-state index in [1.54, 1.807) is 19.2 Å². The molecular weight excluding hydrogens is 598 g/mol. The van der Waals surface area contributed by atoms with Crippen LogP contribution >= 0.6 is 0 Å². The van der Waals surface area contributed by atoms with Crippen LogP contribution in [0.25, 0.3) is 5.57 Å². The number of hydrogen-bond donors (Lipinski definition) is 3. The molecule has 1 amide bonds. The van der Waals surface area contributed by atoms with Crippen LogP contribution in [-0.2, 0) is 11.2 Å². The van der Waals surface area contributed by atoms with Crippen LogP contribution in [0.2, 0.25) is 0 Å². The molecule has 2 fully saturated rings. The topological polar surface area (TPSA) is 91.8 Å². The number of nitrogens with zero attached hydrogens (tertiary/aromatic N) is 1. The van der Waals surface area contributed by atoms with Crippen LogP contribution in [0.1, 0.15) is 88.7 Å². The fourth-order valence-electron chi connectivity index (χ4n) is 6.43. The van der Waals surface area contributed by atoms with E-state index in [0.29, 0.717) is 29.9 Å². The molecule has 3 N–H and O–H groups in total. The number of methoxy groups -OCH3 is 1. The van der Waals surface area contributed by atoms with Gasteiger partial charge in [0.1, 0.15) is 5.78 Å². The Morgan fingerprint density at radius 1 is 1.11 bits per heavy atom. The molecule has 4 atom stereocenters. The lowest BCUT2D eigenvalue weighted by Crippen LogP contribution is -2.45. The van der Waals surface area contributed by atoms with Gasteiger partial charge in [-0.05, 0) is 112 Å². The Labute approximate surface area is 277 Å². The summed E-state index contributed by atoms with van der Waals surface area (Å²) in [5.41, 5.74) is 5.90. The van der Waals surface area contributed by atoms with Gasteiger partial charge in [0.05, 0.1) is 24.6 Å². The Kier molecular flexibility index (Phi) is 11.9. The number of aryl methyl sites for hydroxylation is 1. The van der Waals surface area contributed by atoms with Crippen molar-refractivity contribution < 1.29 is 23.1 Å². The molecule has 7 nitrogen and oxygen atoms in total. The van der Waals surface area contributed by atoms with Crippen LogP contribution in [0, 0.1) is 23.5 Å². The maximum absolute atomic E-state index is 15.0. The third kappa shape index (κ3) is 7.73. The van der Waals surface area contributed by atoms with Gasteiger partial charge in [0.2, 0.25) is 5.82 Å². The van der Waals surface area contributed by atoms with Gasteiger partial charge in [-0.2, -0.15) is 4.39 Å². The van der Waals surface area contributed by atoms with Gasteiger partial charge in [-0.3, -0.25) is 14.6 Å². The van der Waals surface area contributed by atoms with Crippen LogP contribution < -0.4 is 20.7 Å². The molecule has 2 aliphatic carbocycles. The molecule has 47 heavy (non-hydrogen) atoms. The maximum Gasteiger partial charge on any atom is 0.251 e. The number of anilines is 1. The first kappa shape index (κ1) is 35.7. The van der Waals surface area contributed by atoms with Crippen molar-refractivity contribution in [3.05, 3.63) is 88.3 Å². The van der Waals surface area contributed by atoms with Gasteiger partial charge < -0.3 is 20.7 Å². The number of halogens is 2. The van der Waals surface area contributed by atoms with E-state index in [0.717, 1.165) is 60.5 Å². The van der Waals surface area contributed by atoms with Gasteiger partial charge >= 0.3 is 0 Å². The molecule has 4 unspecified atom stereocenters. The number of fused-ring (bicyclic) bond motifs is 1. The molecule has 252 valence electrons. The lowest BCUT2D eigenvalue weighted by molar-refractivity contribution is -0.118. The second-order valence-corrected chi connectivity index (χ2v) is 12.5. The summed E-state index contributed by atoms with van der Waals surface area (Å²) in [6.45, 7) is 8.86. The predicted molar refractivity (Wildman–Crippen MR) is 186 cm³/mol. The number of benzene rings is 2. The molecule has 1 saturated heterocycles. The predicted octanol–water partition coefficient (Wildman–Crippen LogP) is 7.79. The van der Waals surface area contributed by atoms with Gasteiger partial charge in [0.25, 0.3) is 5.91 Å². The molecule has 2 aliphatic heterocycles. The Morgan fingerprint density at radius 2 is 1.89 bits per heavy atom. The first-order valence-electron chi connectivity index (χ1n) is 16.2. The summed E-state index contributed by atoms with van der Waals surface area (Å²) < 4.78 is 34.4.